The lowest BCUT2D eigenvalue weighted by Gasteiger charge is -2.20. The maximum absolute atomic E-state index is 13.3. The Balaban J connectivity index is 0.00000160. The van der Waals surface area contributed by atoms with Crippen molar-refractivity contribution in [2.75, 3.05) is 11.1 Å². The highest BCUT2D eigenvalue weighted by Crippen LogP contribution is 2.38. The second-order valence-corrected chi connectivity index (χ2v) is 6.44. The molecule has 6 nitrogen and oxygen atoms in total. The number of nitrogens with zero attached hydrogens (tertiary/aromatic N) is 3. The molecule has 0 spiro atoms. The maximum atomic E-state index is 13.3. The lowest BCUT2D eigenvalue weighted by Crippen LogP contribution is -2.08. The van der Waals surface area contributed by atoms with Crippen LogP contribution in [0.5, 0.6) is 0 Å². The number of nitrogen functional groups attached to an aromatic ring is 1. The maximum Gasteiger partial charge on any atom is 0.150 e. The molecular weight excluding hydrogens is 426 g/mol. The fourth-order valence-electron chi connectivity index (χ4n) is 3.24. The summed E-state index contributed by atoms with van der Waals surface area (Å²) in [6.07, 6.45) is 8.58. The molecule has 30 heavy (non-hydrogen) atoms. The van der Waals surface area contributed by atoms with Gasteiger partial charge in [-0.25, -0.2) is 14.4 Å². The van der Waals surface area contributed by atoms with Gasteiger partial charge in [-0.3, -0.25) is 4.98 Å². The van der Waals surface area contributed by atoms with Crippen LogP contribution < -0.4 is 11.1 Å². The van der Waals surface area contributed by atoms with Crippen molar-refractivity contribution in [2.24, 2.45) is 0 Å². The Morgan fingerprint density at radius 1 is 1.07 bits per heavy atom. The average Bonchev–Trinajstić information content (AvgIpc) is 3.23. The fourth-order valence-corrected chi connectivity index (χ4v) is 3.24. The van der Waals surface area contributed by atoms with Gasteiger partial charge in [0.25, 0.3) is 0 Å². The van der Waals surface area contributed by atoms with Gasteiger partial charge in [0, 0.05) is 36.3 Å². The standard InChI is InChI=1S/C21H19FN6.2ClH/c1-13(14-2-4-16(22)5-3-14)20-17(15-6-7-24-11-15)10-18(28-21(20)23)27-19-12-25-8-9-26-19;;/h2-13,24H,1H3,(H3,23,26,27,28);2*1H. The topological polar surface area (TPSA) is 92.5 Å². The van der Waals surface area contributed by atoms with E-state index in [-0.39, 0.29) is 36.5 Å². The quantitative estimate of drug-likeness (QED) is 0.385. The molecule has 0 amide bonds. The number of benzene rings is 1. The summed E-state index contributed by atoms with van der Waals surface area (Å²) in [5, 5.41) is 3.14. The number of aromatic nitrogens is 4. The number of anilines is 3. The minimum atomic E-state index is -0.267. The van der Waals surface area contributed by atoms with Gasteiger partial charge in [-0.15, -0.1) is 24.8 Å². The summed E-state index contributed by atoms with van der Waals surface area (Å²) in [6, 6.07) is 10.4. The van der Waals surface area contributed by atoms with Crippen molar-refractivity contribution in [3.05, 3.63) is 84.3 Å². The highest BCUT2D eigenvalue weighted by atomic mass is 35.5. The first-order valence-corrected chi connectivity index (χ1v) is 8.84. The molecule has 3 aromatic heterocycles. The monoisotopic (exact) mass is 446 g/mol. The molecule has 0 aliphatic rings. The molecule has 1 unspecified atom stereocenters. The first-order valence-electron chi connectivity index (χ1n) is 8.84. The number of halogens is 3. The average molecular weight is 447 g/mol. The van der Waals surface area contributed by atoms with Gasteiger partial charge in [0.15, 0.2) is 0 Å². The van der Waals surface area contributed by atoms with E-state index < -0.39 is 0 Å². The molecule has 4 aromatic rings. The largest absolute Gasteiger partial charge is 0.383 e. The highest BCUT2D eigenvalue weighted by molar-refractivity contribution is 5.85. The van der Waals surface area contributed by atoms with Crippen LogP contribution >= 0.6 is 24.8 Å². The van der Waals surface area contributed by atoms with E-state index in [1.54, 1.807) is 30.7 Å². The van der Waals surface area contributed by atoms with E-state index in [1.807, 2.05) is 31.5 Å². The summed E-state index contributed by atoms with van der Waals surface area (Å²) in [4.78, 5) is 15.9. The van der Waals surface area contributed by atoms with Crippen molar-refractivity contribution in [1.29, 1.82) is 0 Å². The van der Waals surface area contributed by atoms with Crippen molar-refractivity contribution in [3.63, 3.8) is 0 Å². The number of nitrogens with two attached hydrogens (primary N) is 1. The number of rotatable bonds is 5. The van der Waals surface area contributed by atoms with Gasteiger partial charge in [-0.1, -0.05) is 19.1 Å². The zero-order chi connectivity index (χ0) is 19.5. The minimum Gasteiger partial charge on any atom is -0.383 e. The van der Waals surface area contributed by atoms with Gasteiger partial charge in [0.05, 0.1) is 6.20 Å². The van der Waals surface area contributed by atoms with Crippen LogP contribution in [0.4, 0.5) is 21.8 Å². The van der Waals surface area contributed by atoms with E-state index in [9.17, 15) is 4.39 Å². The van der Waals surface area contributed by atoms with E-state index in [2.05, 4.69) is 25.3 Å². The number of nitrogens with one attached hydrogen (secondary N) is 2. The molecule has 1 aromatic carbocycles. The summed E-state index contributed by atoms with van der Waals surface area (Å²) in [7, 11) is 0. The van der Waals surface area contributed by atoms with E-state index in [0.29, 0.717) is 17.5 Å². The Bertz CT molecular complexity index is 1070. The Morgan fingerprint density at radius 3 is 2.47 bits per heavy atom. The summed E-state index contributed by atoms with van der Waals surface area (Å²) in [6.45, 7) is 2.03. The predicted molar refractivity (Wildman–Crippen MR) is 122 cm³/mol. The zero-order valence-electron chi connectivity index (χ0n) is 16.0. The third-order valence-electron chi connectivity index (χ3n) is 4.62. The van der Waals surface area contributed by atoms with Gasteiger partial charge in [0.1, 0.15) is 23.3 Å². The van der Waals surface area contributed by atoms with Crippen molar-refractivity contribution in [1.82, 2.24) is 19.9 Å². The van der Waals surface area contributed by atoms with E-state index >= 15 is 0 Å². The van der Waals surface area contributed by atoms with Gasteiger partial charge in [0.2, 0.25) is 0 Å². The Labute approximate surface area is 186 Å². The van der Waals surface area contributed by atoms with Crippen molar-refractivity contribution < 1.29 is 4.39 Å². The molecule has 0 fully saturated rings. The van der Waals surface area contributed by atoms with Crippen LogP contribution in [-0.2, 0) is 0 Å². The van der Waals surface area contributed by atoms with E-state index in [1.165, 1.54) is 12.1 Å². The smallest absolute Gasteiger partial charge is 0.150 e. The second-order valence-electron chi connectivity index (χ2n) is 6.44. The lowest BCUT2D eigenvalue weighted by atomic mass is 9.88. The Kier molecular flexibility index (Phi) is 7.74. The highest BCUT2D eigenvalue weighted by Gasteiger charge is 2.20. The number of H-pyrrole nitrogens is 1. The first-order chi connectivity index (χ1) is 13.6. The van der Waals surface area contributed by atoms with Crippen LogP contribution in [0.1, 0.15) is 24.0 Å². The Morgan fingerprint density at radius 2 is 1.83 bits per heavy atom. The van der Waals surface area contributed by atoms with Gasteiger partial charge in [-0.2, -0.15) is 0 Å². The molecule has 0 bridgehead atoms. The molecule has 4 rings (SSSR count). The molecule has 3 heterocycles. The van der Waals surface area contributed by atoms with Gasteiger partial charge < -0.3 is 16.0 Å². The van der Waals surface area contributed by atoms with E-state index in [4.69, 9.17) is 5.73 Å². The van der Waals surface area contributed by atoms with Crippen molar-refractivity contribution in [3.8, 4) is 11.1 Å². The van der Waals surface area contributed by atoms with Crippen molar-refractivity contribution >= 4 is 42.3 Å². The lowest BCUT2D eigenvalue weighted by molar-refractivity contribution is 0.626. The van der Waals surface area contributed by atoms with Crippen molar-refractivity contribution in [2.45, 2.75) is 12.8 Å². The molecule has 0 aliphatic heterocycles. The third-order valence-corrected chi connectivity index (χ3v) is 4.62. The molecular formula is C21H21Cl2FN6. The first kappa shape index (κ1) is 23.1. The minimum absolute atomic E-state index is 0. The number of pyridine rings is 1. The predicted octanol–water partition coefficient (Wildman–Crippen LogP) is 5.33. The summed E-state index contributed by atoms with van der Waals surface area (Å²) >= 11 is 0. The Hall–Kier alpha value is -3.16. The molecule has 0 aliphatic carbocycles. The van der Waals surface area contributed by atoms with Crippen LogP contribution in [0.25, 0.3) is 11.1 Å². The van der Waals surface area contributed by atoms with Gasteiger partial charge >= 0.3 is 0 Å². The van der Waals surface area contributed by atoms with Gasteiger partial charge in [-0.05, 0) is 41.0 Å². The fraction of sp³-hybridized carbons (Fsp3) is 0.0952. The molecule has 156 valence electrons. The van der Waals surface area contributed by atoms with Crippen LogP contribution in [0.3, 0.4) is 0 Å². The number of hydrogen-bond acceptors (Lipinski definition) is 5. The molecule has 0 radical (unpaired) electrons. The molecule has 0 saturated carbocycles. The third kappa shape index (κ3) is 4.87. The number of hydrogen-bond donors (Lipinski definition) is 3. The SMILES string of the molecule is CC(c1ccc(F)cc1)c1c(-c2cc[nH]c2)cc(Nc2cnccn2)nc1N.Cl.Cl. The van der Waals surface area contributed by atoms with Crippen LogP contribution in [0, 0.1) is 5.82 Å². The molecule has 4 N–H and O–H groups in total. The molecule has 1 atom stereocenters. The summed E-state index contributed by atoms with van der Waals surface area (Å²) < 4.78 is 13.3. The molecule has 0 saturated heterocycles. The summed E-state index contributed by atoms with van der Waals surface area (Å²) in [5.41, 5.74) is 10.2. The molecule has 9 heteroatoms. The normalized spacial score (nSPS) is 11.1. The van der Waals surface area contributed by atoms with E-state index in [0.717, 1.165) is 22.3 Å². The summed E-state index contributed by atoms with van der Waals surface area (Å²) in [5.74, 6) is 1.22. The van der Waals surface area contributed by atoms with Crippen LogP contribution in [0.15, 0.2) is 67.4 Å². The second kappa shape index (κ2) is 10.0. The zero-order valence-corrected chi connectivity index (χ0v) is 17.7. The van der Waals surface area contributed by atoms with Crippen LogP contribution in [-0.4, -0.2) is 19.9 Å². The number of aromatic amines is 1. The van der Waals surface area contributed by atoms with Crippen LogP contribution in [0.2, 0.25) is 0 Å².